The Labute approximate surface area is 114 Å². The molecule has 19 heavy (non-hydrogen) atoms. The molecule has 1 aromatic heterocycles. The molecule has 8 heteroatoms. The van der Waals surface area contributed by atoms with Crippen LogP contribution in [0.1, 0.15) is 9.67 Å². The van der Waals surface area contributed by atoms with Crippen LogP contribution in [-0.2, 0) is 0 Å². The first-order valence-corrected chi connectivity index (χ1v) is 6.69. The Morgan fingerprint density at radius 1 is 1.26 bits per heavy atom. The van der Waals surface area contributed by atoms with Gasteiger partial charge in [0, 0.05) is 10.6 Å². The van der Waals surface area contributed by atoms with E-state index in [1.165, 1.54) is 47.3 Å². The van der Waals surface area contributed by atoms with Crippen LogP contribution in [-0.4, -0.2) is 16.4 Å². The standard InChI is InChI=1S/C11H7F3N2OS2/c12-11(13,14)19-8-3-1-7(2-4-8)16-10(17)9-5-15-6-18-9/h1-6H,(H,16,17). The Morgan fingerprint density at radius 2 is 1.95 bits per heavy atom. The molecule has 0 radical (unpaired) electrons. The van der Waals surface area contributed by atoms with Gasteiger partial charge in [-0.3, -0.25) is 9.78 Å². The number of thioether (sulfide) groups is 1. The summed E-state index contributed by atoms with van der Waals surface area (Å²) in [6.45, 7) is 0. The van der Waals surface area contributed by atoms with Crippen molar-refractivity contribution in [3.63, 3.8) is 0 Å². The summed E-state index contributed by atoms with van der Waals surface area (Å²) >= 11 is 0.991. The molecule has 0 aliphatic heterocycles. The molecule has 2 aromatic rings. The van der Waals surface area contributed by atoms with Crippen LogP contribution in [0.5, 0.6) is 0 Å². The third-order valence-corrected chi connectivity index (χ3v) is 3.51. The number of hydrogen-bond donors (Lipinski definition) is 1. The van der Waals surface area contributed by atoms with Crippen molar-refractivity contribution >= 4 is 34.7 Å². The van der Waals surface area contributed by atoms with E-state index in [0.717, 1.165) is 0 Å². The Bertz CT molecular complexity index is 552. The number of anilines is 1. The van der Waals surface area contributed by atoms with Gasteiger partial charge < -0.3 is 5.32 Å². The van der Waals surface area contributed by atoms with E-state index < -0.39 is 5.51 Å². The van der Waals surface area contributed by atoms with Crippen molar-refractivity contribution in [1.82, 2.24) is 4.98 Å². The van der Waals surface area contributed by atoms with Crippen LogP contribution in [0.15, 0.2) is 40.9 Å². The molecule has 0 saturated carbocycles. The van der Waals surface area contributed by atoms with Gasteiger partial charge in [0.05, 0.1) is 11.7 Å². The van der Waals surface area contributed by atoms with Crippen molar-refractivity contribution in [1.29, 1.82) is 0 Å². The van der Waals surface area contributed by atoms with Gasteiger partial charge in [0.2, 0.25) is 0 Å². The van der Waals surface area contributed by atoms with Crippen LogP contribution in [0.2, 0.25) is 0 Å². The molecule has 0 fully saturated rings. The first-order valence-electron chi connectivity index (χ1n) is 5.00. The van der Waals surface area contributed by atoms with Crippen molar-refractivity contribution in [3.8, 4) is 0 Å². The number of thiazole rings is 1. The number of benzene rings is 1. The van der Waals surface area contributed by atoms with Gasteiger partial charge in [-0.15, -0.1) is 11.3 Å². The number of halogens is 3. The summed E-state index contributed by atoms with van der Waals surface area (Å²) in [6, 6.07) is 5.46. The van der Waals surface area contributed by atoms with Gasteiger partial charge in [-0.1, -0.05) is 0 Å². The Balaban J connectivity index is 2.01. The number of carbonyl (C=O) groups is 1. The maximum atomic E-state index is 12.1. The molecule has 0 bridgehead atoms. The van der Waals surface area contributed by atoms with E-state index in [1.54, 1.807) is 0 Å². The summed E-state index contributed by atoms with van der Waals surface area (Å²) in [5.41, 5.74) is -2.35. The highest BCUT2D eigenvalue weighted by Gasteiger charge is 2.29. The predicted octanol–water partition coefficient (Wildman–Crippen LogP) is 4.01. The fraction of sp³-hybridized carbons (Fsp3) is 0.0909. The van der Waals surface area contributed by atoms with E-state index >= 15 is 0 Å². The molecular formula is C11H7F3N2OS2. The molecule has 0 spiro atoms. The van der Waals surface area contributed by atoms with Crippen molar-refractivity contribution < 1.29 is 18.0 Å². The highest BCUT2D eigenvalue weighted by Crippen LogP contribution is 2.37. The maximum absolute atomic E-state index is 12.1. The van der Waals surface area contributed by atoms with Crippen molar-refractivity contribution in [2.24, 2.45) is 0 Å². The minimum Gasteiger partial charge on any atom is -0.321 e. The van der Waals surface area contributed by atoms with Gasteiger partial charge in [-0.25, -0.2) is 0 Å². The Hall–Kier alpha value is -1.54. The molecule has 100 valence electrons. The third-order valence-electron chi connectivity index (χ3n) is 2.00. The molecule has 0 aliphatic carbocycles. The van der Waals surface area contributed by atoms with Crippen molar-refractivity contribution in [2.45, 2.75) is 10.4 Å². The molecule has 1 amide bonds. The summed E-state index contributed by atoms with van der Waals surface area (Å²) in [5.74, 6) is -0.335. The van der Waals surface area contributed by atoms with Gasteiger partial charge in [-0.05, 0) is 36.0 Å². The van der Waals surface area contributed by atoms with Gasteiger partial charge in [-0.2, -0.15) is 13.2 Å². The number of hydrogen-bond acceptors (Lipinski definition) is 4. The summed E-state index contributed by atoms with van der Waals surface area (Å²) < 4.78 is 36.4. The number of rotatable bonds is 3. The zero-order chi connectivity index (χ0) is 13.9. The predicted molar refractivity (Wildman–Crippen MR) is 68.4 cm³/mol. The first kappa shape index (κ1) is 13.9. The maximum Gasteiger partial charge on any atom is 0.446 e. The second-order valence-corrected chi connectivity index (χ2v) is 5.42. The highest BCUT2D eigenvalue weighted by molar-refractivity contribution is 8.00. The summed E-state index contributed by atoms with van der Waals surface area (Å²) in [4.78, 5) is 15.9. The summed E-state index contributed by atoms with van der Waals surface area (Å²) in [6.07, 6.45) is 1.42. The third kappa shape index (κ3) is 4.25. The van der Waals surface area contributed by atoms with Crippen LogP contribution >= 0.6 is 23.1 Å². The fourth-order valence-corrected chi connectivity index (χ4v) is 2.32. The lowest BCUT2D eigenvalue weighted by Gasteiger charge is -2.07. The number of nitrogens with one attached hydrogen (secondary N) is 1. The fourth-order valence-electron chi connectivity index (χ4n) is 1.26. The lowest BCUT2D eigenvalue weighted by Crippen LogP contribution is -2.10. The van der Waals surface area contributed by atoms with Crippen LogP contribution in [0.25, 0.3) is 0 Å². The second kappa shape index (κ2) is 5.62. The molecule has 0 unspecified atom stereocenters. The van der Waals surface area contributed by atoms with Crippen molar-refractivity contribution in [2.75, 3.05) is 5.32 Å². The Morgan fingerprint density at radius 3 is 2.47 bits per heavy atom. The monoisotopic (exact) mass is 304 g/mol. The lowest BCUT2D eigenvalue weighted by molar-refractivity contribution is -0.0328. The van der Waals surface area contributed by atoms with Gasteiger partial charge >= 0.3 is 5.51 Å². The van der Waals surface area contributed by atoms with Crippen LogP contribution in [0.3, 0.4) is 0 Å². The zero-order valence-corrected chi connectivity index (χ0v) is 10.9. The number of nitrogens with zero attached hydrogens (tertiary/aromatic N) is 1. The zero-order valence-electron chi connectivity index (χ0n) is 9.27. The Kier molecular flexibility index (Phi) is 4.11. The van der Waals surface area contributed by atoms with E-state index in [9.17, 15) is 18.0 Å². The quantitative estimate of drug-likeness (QED) is 0.871. The lowest BCUT2D eigenvalue weighted by atomic mass is 10.3. The summed E-state index contributed by atoms with van der Waals surface area (Å²) in [5, 5.41) is 2.58. The summed E-state index contributed by atoms with van der Waals surface area (Å²) in [7, 11) is 0. The molecule has 1 aromatic carbocycles. The molecule has 1 heterocycles. The minimum atomic E-state index is -4.31. The van der Waals surface area contributed by atoms with Crippen LogP contribution in [0.4, 0.5) is 18.9 Å². The van der Waals surface area contributed by atoms with Crippen LogP contribution in [0, 0.1) is 0 Å². The topological polar surface area (TPSA) is 42.0 Å². The van der Waals surface area contributed by atoms with E-state index in [-0.39, 0.29) is 22.6 Å². The van der Waals surface area contributed by atoms with Gasteiger partial charge in [0.1, 0.15) is 4.88 Å². The number of alkyl halides is 3. The van der Waals surface area contributed by atoms with Gasteiger partial charge in [0.15, 0.2) is 0 Å². The van der Waals surface area contributed by atoms with Gasteiger partial charge in [0.25, 0.3) is 5.91 Å². The number of aromatic nitrogens is 1. The number of amides is 1. The molecule has 0 atom stereocenters. The van der Waals surface area contributed by atoms with Crippen molar-refractivity contribution in [3.05, 3.63) is 40.8 Å². The first-order chi connectivity index (χ1) is 8.94. The normalized spacial score (nSPS) is 11.3. The SMILES string of the molecule is O=C(Nc1ccc(SC(F)(F)F)cc1)c1cncs1. The molecule has 3 nitrogen and oxygen atoms in total. The van der Waals surface area contributed by atoms with E-state index in [0.29, 0.717) is 10.6 Å². The molecule has 0 aliphatic rings. The molecule has 0 saturated heterocycles. The van der Waals surface area contributed by atoms with E-state index in [4.69, 9.17) is 0 Å². The highest BCUT2D eigenvalue weighted by atomic mass is 32.2. The molecule has 2 rings (SSSR count). The smallest absolute Gasteiger partial charge is 0.321 e. The van der Waals surface area contributed by atoms with E-state index in [2.05, 4.69) is 10.3 Å². The minimum absolute atomic E-state index is 0.0725. The van der Waals surface area contributed by atoms with E-state index in [1.807, 2.05) is 0 Å². The average Bonchev–Trinajstić information content (AvgIpc) is 2.83. The largest absolute Gasteiger partial charge is 0.446 e. The number of carbonyl (C=O) groups excluding carboxylic acids is 1. The molecule has 1 N–H and O–H groups in total. The second-order valence-electron chi connectivity index (χ2n) is 3.39. The average molecular weight is 304 g/mol. The van der Waals surface area contributed by atoms with Crippen LogP contribution < -0.4 is 5.32 Å². The molecular weight excluding hydrogens is 297 g/mol.